The Kier molecular flexibility index (Phi) is 7.09. The van der Waals surface area contributed by atoms with Gasteiger partial charge in [0, 0.05) is 11.8 Å². The summed E-state index contributed by atoms with van der Waals surface area (Å²) in [6.07, 6.45) is 1.39. The molecular formula is C20H19ClN2O4. The predicted octanol–water partition coefficient (Wildman–Crippen LogP) is 4.39. The summed E-state index contributed by atoms with van der Waals surface area (Å²) in [5, 5.41) is 21.6. The number of ether oxygens (including phenoxy) is 2. The maximum Gasteiger partial charge on any atom is 0.266 e. The second-order valence-corrected chi connectivity index (χ2v) is 5.76. The maximum absolute atomic E-state index is 12.4. The number of rotatable bonds is 7. The molecule has 0 unspecified atom stereocenters. The molecule has 0 saturated carbocycles. The number of phenolic OH excluding ortho intramolecular Hbond substituents is 1. The van der Waals surface area contributed by atoms with Gasteiger partial charge in [-0.05, 0) is 55.8 Å². The summed E-state index contributed by atoms with van der Waals surface area (Å²) < 4.78 is 11.0. The van der Waals surface area contributed by atoms with E-state index in [1.165, 1.54) is 30.3 Å². The van der Waals surface area contributed by atoms with E-state index < -0.39 is 5.91 Å². The Labute approximate surface area is 162 Å². The van der Waals surface area contributed by atoms with Crippen LogP contribution in [0.25, 0.3) is 6.08 Å². The zero-order chi connectivity index (χ0) is 19.8. The molecule has 2 rings (SSSR count). The van der Waals surface area contributed by atoms with Gasteiger partial charge in [-0.15, -0.1) is 0 Å². The van der Waals surface area contributed by atoms with Crippen LogP contribution >= 0.6 is 11.6 Å². The van der Waals surface area contributed by atoms with Crippen molar-refractivity contribution in [1.82, 2.24) is 0 Å². The fourth-order valence-corrected chi connectivity index (χ4v) is 2.45. The van der Waals surface area contributed by atoms with Crippen LogP contribution in [0, 0.1) is 11.3 Å². The van der Waals surface area contributed by atoms with Crippen LogP contribution in [-0.2, 0) is 4.79 Å². The van der Waals surface area contributed by atoms with E-state index in [-0.39, 0.29) is 11.3 Å². The zero-order valence-electron chi connectivity index (χ0n) is 15.0. The SMILES string of the molecule is CCOc1cc(Cl)c(/C=C(\C#N)C(=O)Nc2ccc(O)cc2)cc1OCC. The van der Waals surface area contributed by atoms with Crippen LogP contribution in [0.1, 0.15) is 19.4 Å². The molecular weight excluding hydrogens is 368 g/mol. The van der Waals surface area contributed by atoms with Gasteiger partial charge in [0.25, 0.3) is 5.91 Å². The molecule has 0 fully saturated rings. The molecule has 2 N–H and O–H groups in total. The Bertz CT molecular complexity index is 886. The molecule has 0 bridgehead atoms. The molecule has 0 aliphatic carbocycles. The van der Waals surface area contributed by atoms with Gasteiger partial charge in [0.2, 0.25) is 0 Å². The number of phenols is 1. The van der Waals surface area contributed by atoms with Gasteiger partial charge >= 0.3 is 0 Å². The minimum Gasteiger partial charge on any atom is -0.508 e. The van der Waals surface area contributed by atoms with Crippen LogP contribution in [-0.4, -0.2) is 24.2 Å². The van der Waals surface area contributed by atoms with E-state index in [9.17, 15) is 15.2 Å². The molecule has 6 nitrogen and oxygen atoms in total. The Morgan fingerprint density at radius 1 is 1.19 bits per heavy atom. The number of nitrogens with zero attached hydrogens (tertiary/aromatic N) is 1. The standard InChI is InChI=1S/C20H19ClN2O4/c1-3-26-18-10-13(17(21)11-19(18)27-4-2)9-14(12-22)20(25)23-15-5-7-16(24)8-6-15/h5-11,24H,3-4H2,1-2H3,(H,23,25)/b14-9+. The van der Waals surface area contributed by atoms with E-state index in [2.05, 4.69) is 5.32 Å². The number of carbonyl (C=O) groups excluding carboxylic acids is 1. The molecule has 0 radical (unpaired) electrons. The summed E-state index contributed by atoms with van der Waals surface area (Å²) in [6.45, 7) is 4.56. The predicted molar refractivity (Wildman–Crippen MR) is 104 cm³/mol. The van der Waals surface area contributed by atoms with Gasteiger partial charge in [-0.2, -0.15) is 5.26 Å². The normalized spacial score (nSPS) is 10.8. The third kappa shape index (κ3) is 5.40. The molecule has 0 atom stereocenters. The van der Waals surface area contributed by atoms with Gasteiger partial charge in [0.15, 0.2) is 11.5 Å². The van der Waals surface area contributed by atoms with Crippen LogP contribution in [0.3, 0.4) is 0 Å². The first kappa shape index (κ1) is 20.1. The molecule has 7 heteroatoms. The first-order valence-corrected chi connectivity index (χ1v) is 8.67. The number of aromatic hydroxyl groups is 1. The Hall–Kier alpha value is -3.17. The monoisotopic (exact) mass is 386 g/mol. The van der Waals surface area contributed by atoms with Crippen LogP contribution in [0.15, 0.2) is 42.0 Å². The van der Waals surface area contributed by atoms with E-state index >= 15 is 0 Å². The average Bonchev–Trinajstić information content (AvgIpc) is 2.65. The van der Waals surface area contributed by atoms with Crippen molar-refractivity contribution in [2.75, 3.05) is 18.5 Å². The van der Waals surface area contributed by atoms with Crippen molar-refractivity contribution < 1.29 is 19.4 Å². The summed E-state index contributed by atoms with van der Waals surface area (Å²) >= 11 is 6.27. The fraction of sp³-hybridized carbons (Fsp3) is 0.200. The summed E-state index contributed by atoms with van der Waals surface area (Å²) in [5.41, 5.74) is 0.782. The highest BCUT2D eigenvalue weighted by Crippen LogP contribution is 2.34. The van der Waals surface area contributed by atoms with Gasteiger partial charge in [-0.1, -0.05) is 11.6 Å². The highest BCUT2D eigenvalue weighted by atomic mass is 35.5. The Morgan fingerprint density at radius 3 is 2.33 bits per heavy atom. The molecule has 0 aromatic heterocycles. The van der Waals surface area contributed by atoms with Crippen molar-refractivity contribution in [2.24, 2.45) is 0 Å². The number of nitrogens with one attached hydrogen (secondary N) is 1. The van der Waals surface area contributed by atoms with Gasteiger partial charge < -0.3 is 19.9 Å². The van der Waals surface area contributed by atoms with Crippen LogP contribution in [0.2, 0.25) is 5.02 Å². The number of hydrogen-bond acceptors (Lipinski definition) is 5. The topological polar surface area (TPSA) is 91.6 Å². The number of hydrogen-bond donors (Lipinski definition) is 2. The van der Waals surface area contributed by atoms with Crippen LogP contribution in [0.5, 0.6) is 17.2 Å². The van der Waals surface area contributed by atoms with Crippen molar-refractivity contribution >= 4 is 29.3 Å². The number of amides is 1. The lowest BCUT2D eigenvalue weighted by Crippen LogP contribution is -2.13. The molecule has 0 heterocycles. The van der Waals surface area contributed by atoms with Gasteiger partial charge in [-0.25, -0.2) is 0 Å². The van der Waals surface area contributed by atoms with Gasteiger partial charge in [0.05, 0.1) is 18.2 Å². The molecule has 1 amide bonds. The van der Waals surface area contributed by atoms with E-state index in [1.54, 1.807) is 12.1 Å². The lowest BCUT2D eigenvalue weighted by atomic mass is 10.1. The van der Waals surface area contributed by atoms with Crippen LogP contribution < -0.4 is 14.8 Å². The summed E-state index contributed by atoms with van der Waals surface area (Å²) in [4.78, 5) is 12.4. The minimum absolute atomic E-state index is 0.0775. The smallest absolute Gasteiger partial charge is 0.266 e. The molecule has 2 aromatic carbocycles. The average molecular weight is 387 g/mol. The first-order valence-electron chi connectivity index (χ1n) is 8.29. The third-order valence-corrected chi connectivity index (χ3v) is 3.78. The fourth-order valence-electron chi connectivity index (χ4n) is 2.25. The van der Waals surface area contributed by atoms with E-state index in [4.69, 9.17) is 21.1 Å². The van der Waals surface area contributed by atoms with Crippen molar-refractivity contribution in [3.8, 4) is 23.3 Å². The molecule has 2 aromatic rings. The molecule has 0 spiro atoms. The van der Waals surface area contributed by atoms with Crippen molar-refractivity contribution in [2.45, 2.75) is 13.8 Å². The number of benzene rings is 2. The molecule has 0 aliphatic heterocycles. The molecule has 27 heavy (non-hydrogen) atoms. The van der Waals surface area contributed by atoms with Crippen LogP contribution in [0.4, 0.5) is 5.69 Å². The number of carbonyl (C=O) groups is 1. The maximum atomic E-state index is 12.4. The lowest BCUT2D eigenvalue weighted by molar-refractivity contribution is -0.112. The largest absolute Gasteiger partial charge is 0.508 e. The van der Waals surface area contributed by atoms with E-state index in [1.807, 2.05) is 19.9 Å². The molecule has 0 aliphatic rings. The Morgan fingerprint density at radius 2 is 1.78 bits per heavy atom. The Balaban J connectivity index is 2.32. The quantitative estimate of drug-likeness (QED) is 0.418. The van der Waals surface area contributed by atoms with Crippen molar-refractivity contribution in [3.05, 3.63) is 52.6 Å². The molecule has 140 valence electrons. The number of halogens is 1. The second-order valence-electron chi connectivity index (χ2n) is 5.36. The minimum atomic E-state index is -0.592. The number of nitriles is 1. The van der Waals surface area contributed by atoms with Gasteiger partial charge in [-0.3, -0.25) is 4.79 Å². The molecule has 0 saturated heterocycles. The summed E-state index contributed by atoms with van der Waals surface area (Å²) in [5.74, 6) is 0.458. The zero-order valence-corrected chi connectivity index (χ0v) is 15.7. The highest BCUT2D eigenvalue weighted by Gasteiger charge is 2.14. The van der Waals surface area contributed by atoms with E-state index in [0.717, 1.165) is 0 Å². The number of anilines is 1. The van der Waals surface area contributed by atoms with Crippen molar-refractivity contribution in [1.29, 1.82) is 5.26 Å². The highest BCUT2D eigenvalue weighted by molar-refractivity contribution is 6.32. The summed E-state index contributed by atoms with van der Waals surface area (Å²) in [7, 11) is 0. The first-order chi connectivity index (χ1) is 13.0. The van der Waals surface area contributed by atoms with E-state index in [0.29, 0.717) is 41.0 Å². The lowest BCUT2D eigenvalue weighted by Gasteiger charge is -2.13. The third-order valence-electron chi connectivity index (χ3n) is 3.45. The van der Waals surface area contributed by atoms with Gasteiger partial charge in [0.1, 0.15) is 17.4 Å². The summed E-state index contributed by atoms with van der Waals surface area (Å²) in [6, 6.07) is 11.0. The second kappa shape index (κ2) is 9.51. The van der Waals surface area contributed by atoms with Crippen molar-refractivity contribution in [3.63, 3.8) is 0 Å².